The molecule has 0 radical (unpaired) electrons. The van der Waals surface area contributed by atoms with Crippen molar-refractivity contribution in [3.63, 3.8) is 0 Å². The van der Waals surface area contributed by atoms with Crippen molar-refractivity contribution < 1.29 is 5.11 Å². The molecule has 4 aliphatic carbocycles. The van der Waals surface area contributed by atoms with Crippen LogP contribution < -0.4 is 5.32 Å². The summed E-state index contributed by atoms with van der Waals surface area (Å²) in [6, 6.07) is 0.201. The summed E-state index contributed by atoms with van der Waals surface area (Å²) in [4.78, 5) is 7.57. The summed E-state index contributed by atoms with van der Waals surface area (Å²) in [6.07, 6.45) is 21.7. The summed E-state index contributed by atoms with van der Waals surface area (Å²) >= 11 is 0. The normalized spacial score (nSPS) is 42.7. The maximum atomic E-state index is 12.8. The molecule has 0 saturated heterocycles. The van der Waals surface area contributed by atoms with Crippen molar-refractivity contribution in [3.8, 4) is 0 Å². The molecule has 1 aromatic heterocycles. The van der Waals surface area contributed by atoms with Gasteiger partial charge < -0.3 is 15.4 Å². The molecule has 0 aromatic carbocycles. The molecule has 10 atom stereocenters. The Bertz CT molecular complexity index is 915. The summed E-state index contributed by atoms with van der Waals surface area (Å²) in [5, 5.41) is 16.8. The minimum absolute atomic E-state index is 0.0342. The molecule has 4 nitrogen and oxygen atoms in total. The Hall–Kier alpha value is -0.870. The Morgan fingerprint density at radius 2 is 1.90 bits per heavy atom. The minimum atomic E-state index is -0.590. The topological polar surface area (TPSA) is 60.9 Å². The van der Waals surface area contributed by atoms with E-state index in [9.17, 15) is 5.11 Å². The Labute approximate surface area is 240 Å². The third-order valence-corrected chi connectivity index (χ3v) is 13.2. The summed E-state index contributed by atoms with van der Waals surface area (Å²) in [6.45, 7) is 15.8. The molecule has 4 heteroatoms. The van der Waals surface area contributed by atoms with Gasteiger partial charge >= 0.3 is 0 Å². The van der Waals surface area contributed by atoms with E-state index in [0.717, 1.165) is 54.7 Å². The first kappa shape index (κ1) is 29.6. The Morgan fingerprint density at radius 1 is 1.08 bits per heavy atom. The zero-order valence-corrected chi connectivity index (χ0v) is 26.3. The molecule has 0 aliphatic heterocycles. The van der Waals surface area contributed by atoms with Crippen molar-refractivity contribution >= 4 is 0 Å². The number of aliphatic hydroxyl groups is 1. The van der Waals surface area contributed by atoms with Gasteiger partial charge in [0.2, 0.25) is 0 Å². The number of rotatable bonds is 11. The predicted octanol–water partition coefficient (Wildman–Crippen LogP) is 8.17. The number of fused-ring (bicyclic) bond motifs is 5. The van der Waals surface area contributed by atoms with Crippen molar-refractivity contribution in [2.75, 3.05) is 6.54 Å². The molecule has 39 heavy (non-hydrogen) atoms. The molecule has 4 aliphatic rings. The molecule has 0 unspecified atom stereocenters. The number of hydrogen-bond donors (Lipinski definition) is 3. The van der Waals surface area contributed by atoms with Gasteiger partial charge in [0, 0.05) is 30.6 Å². The molecule has 0 amide bonds. The van der Waals surface area contributed by atoms with E-state index < -0.39 is 5.60 Å². The standard InChI is InChI=1S/C35H61N3O/c1-7-9-26-14-18-34(6)31-15-17-33(5)29(25(4)11-8-10-24(2)3)12-13-30(33)28(31)20-32(35(34,39)21-26)37-19-16-27-22-36-23-38-27/h22-26,28-32,37,39H,7-21H2,1-6H3,(H,36,38)/t25-,26+,28+,29-,30+,31+,32-,33-,34-,35+/m1/s1. The summed E-state index contributed by atoms with van der Waals surface area (Å²) in [7, 11) is 0. The van der Waals surface area contributed by atoms with Gasteiger partial charge in [0.1, 0.15) is 0 Å². The molecule has 222 valence electrons. The second-order valence-electron chi connectivity index (χ2n) is 15.7. The van der Waals surface area contributed by atoms with Crippen LogP contribution in [0.1, 0.15) is 131 Å². The third kappa shape index (κ3) is 5.40. The average Bonchev–Trinajstić information content (AvgIpc) is 3.53. The van der Waals surface area contributed by atoms with Gasteiger partial charge in [-0.15, -0.1) is 0 Å². The number of nitrogens with one attached hydrogen (secondary N) is 2. The average molecular weight is 540 g/mol. The molecule has 1 aromatic rings. The number of aromatic amines is 1. The van der Waals surface area contributed by atoms with Gasteiger partial charge in [-0.05, 0) is 98.2 Å². The molecular formula is C35H61N3O. The van der Waals surface area contributed by atoms with Crippen molar-refractivity contribution in [2.24, 2.45) is 52.3 Å². The summed E-state index contributed by atoms with van der Waals surface area (Å²) in [5.41, 5.74) is 1.05. The van der Waals surface area contributed by atoms with Crippen LogP contribution in [-0.4, -0.2) is 33.3 Å². The second kappa shape index (κ2) is 11.8. The maximum absolute atomic E-state index is 12.8. The van der Waals surface area contributed by atoms with Gasteiger partial charge in [0.25, 0.3) is 0 Å². The van der Waals surface area contributed by atoms with E-state index in [1.807, 2.05) is 6.20 Å². The molecular weight excluding hydrogens is 478 g/mol. The van der Waals surface area contributed by atoms with Crippen molar-refractivity contribution in [1.82, 2.24) is 15.3 Å². The molecule has 0 bridgehead atoms. The van der Waals surface area contributed by atoms with Crippen molar-refractivity contribution in [1.29, 1.82) is 0 Å². The lowest BCUT2D eigenvalue weighted by Gasteiger charge is -2.67. The van der Waals surface area contributed by atoms with Crippen LogP contribution >= 0.6 is 0 Å². The smallest absolute Gasteiger partial charge is 0.0923 e. The van der Waals surface area contributed by atoms with Crippen LogP contribution in [0.2, 0.25) is 0 Å². The number of H-pyrrole nitrogens is 1. The van der Waals surface area contributed by atoms with E-state index in [0.29, 0.717) is 17.3 Å². The van der Waals surface area contributed by atoms with Crippen molar-refractivity contribution in [2.45, 2.75) is 143 Å². The monoisotopic (exact) mass is 539 g/mol. The number of hydrogen-bond acceptors (Lipinski definition) is 3. The van der Waals surface area contributed by atoms with E-state index in [4.69, 9.17) is 0 Å². The van der Waals surface area contributed by atoms with Crippen molar-refractivity contribution in [3.05, 3.63) is 18.2 Å². The minimum Gasteiger partial charge on any atom is -0.388 e. The van der Waals surface area contributed by atoms with Crippen LogP contribution in [0.25, 0.3) is 0 Å². The molecule has 5 rings (SSSR count). The van der Waals surface area contributed by atoms with Crippen LogP contribution in [0.15, 0.2) is 12.5 Å². The predicted molar refractivity (Wildman–Crippen MR) is 162 cm³/mol. The fourth-order valence-corrected chi connectivity index (χ4v) is 11.2. The first-order valence-corrected chi connectivity index (χ1v) is 17.1. The lowest BCUT2D eigenvalue weighted by atomic mass is 9.41. The van der Waals surface area contributed by atoms with Crippen LogP contribution in [0.4, 0.5) is 0 Å². The SMILES string of the molecule is CCC[C@H]1CC[C@]2(C)[C@H]3CC[C@]4(C)[C@@H]([C@H](C)CCCC(C)C)CC[C@H]4[C@@H]3C[C@@H](NCCc3c[nH]cn3)[C@@]2(O)C1. The largest absolute Gasteiger partial charge is 0.388 e. The molecule has 4 saturated carbocycles. The fraction of sp³-hybridized carbons (Fsp3) is 0.914. The van der Waals surface area contributed by atoms with E-state index >= 15 is 0 Å². The highest BCUT2D eigenvalue weighted by atomic mass is 16.3. The zero-order valence-electron chi connectivity index (χ0n) is 26.3. The number of aromatic nitrogens is 2. The van der Waals surface area contributed by atoms with Gasteiger partial charge in [-0.2, -0.15) is 0 Å². The second-order valence-corrected chi connectivity index (χ2v) is 15.7. The number of nitrogens with zero attached hydrogens (tertiary/aromatic N) is 1. The summed E-state index contributed by atoms with van der Waals surface area (Å²) in [5.74, 6) is 5.51. The highest BCUT2D eigenvalue weighted by Crippen LogP contribution is 2.69. The molecule has 4 fully saturated rings. The van der Waals surface area contributed by atoms with Gasteiger partial charge in [0.05, 0.1) is 17.6 Å². The number of imidazole rings is 1. The fourth-order valence-electron chi connectivity index (χ4n) is 11.2. The first-order valence-electron chi connectivity index (χ1n) is 17.1. The van der Waals surface area contributed by atoms with Crippen LogP contribution in [0.3, 0.4) is 0 Å². The highest BCUT2D eigenvalue weighted by molar-refractivity contribution is 5.18. The Morgan fingerprint density at radius 3 is 2.62 bits per heavy atom. The molecule has 0 spiro atoms. The molecule has 1 heterocycles. The van der Waals surface area contributed by atoms with E-state index in [1.165, 1.54) is 77.0 Å². The molecule has 3 N–H and O–H groups in total. The maximum Gasteiger partial charge on any atom is 0.0923 e. The van der Waals surface area contributed by atoms with E-state index in [1.54, 1.807) is 6.33 Å². The first-order chi connectivity index (χ1) is 18.6. The van der Waals surface area contributed by atoms with Gasteiger partial charge in [-0.25, -0.2) is 4.98 Å². The Kier molecular flexibility index (Phi) is 8.95. The zero-order chi connectivity index (χ0) is 27.8. The Balaban J connectivity index is 1.37. The highest BCUT2D eigenvalue weighted by Gasteiger charge is 2.67. The van der Waals surface area contributed by atoms with E-state index in [2.05, 4.69) is 56.8 Å². The van der Waals surface area contributed by atoms with Gasteiger partial charge in [0.15, 0.2) is 0 Å². The van der Waals surface area contributed by atoms with Crippen LogP contribution in [0.5, 0.6) is 0 Å². The van der Waals surface area contributed by atoms with Gasteiger partial charge in [-0.3, -0.25) is 0 Å². The van der Waals surface area contributed by atoms with Crippen LogP contribution in [-0.2, 0) is 6.42 Å². The van der Waals surface area contributed by atoms with Gasteiger partial charge in [-0.1, -0.05) is 73.6 Å². The quantitative estimate of drug-likeness (QED) is 0.266. The summed E-state index contributed by atoms with van der Waals surface area (Å²) < 4.78 is 0. The lowest BCUT2D eigenvalue weighted by Crippen LogP contribution is -2.71. The lowest BCUT2D eigenvalue weighted by molar-refractivity contribution is -0.228. The van der Waals surface area contributed by atoms with Crippen LogP contribution in [0, 0.1) is 52.3 Å². The van der Waals surface area contributed by atoms with E-state index in [-0.39, 0.29) is 11.5 Å². The third-order valence-electron chi connectivity index (χ3n) is 13.2.